The Labute approximate surface area is 194 Å². The zero-order chi connectivity index (χ0) is 22.8. The number of H-pyrrole nitrogens is 1. The molecule has 166 valence electrons. The van der Waals surface area contributed by atoms with Crippen LogP contribution in [0.5, 0.6) is 5.88 Å². The fourth-order valence-electron chi connectivity index (χ4n) is 3.77. The maximum absolute atomic E-state index is 13.2. The van der Waals surface area contributed by atoms with Crippen LogP contribution in [0, 0.1) is 0 Å². The Hall–Kier alpha value is -3.85. The van der Waals surface area contributed by atoms with E-state index in [2.05, 4.69) is 35.9 Å². The van der Waals surface area contributed by atoms with Crippen molar-refractivity contribution in [1.29, 1.82) is 0 Å². The maximum atomic E-state index is 13.2. The molecule has 1 saturated carbocycles. The van der Waals surface area contributed by atoms with E-state index in [0.717, 1.165) is 24.0 Å². The number of hydrogen-bond donors (Lipinski definition) is 2. The van der Waals surface area contributed by atoms with Gasteiger partial charge >= 0.3 is 0 Å². The third-order valence-corrected chi connectivity index (χ3v) is 5.83. The molecule has 10 heteroatoms. The topological polar surface area (TPSA) is 119 Å². The first-order chi connectivity index (χ1) is 16.1. The number of amides is 1. The summed E-state index contributed by atoms with van der Waals surface area (Å²) in [5.74, 6) is 0.793. The number of halogens is 1. The molecule has 1 aliphatic carbocycles. The summed E-state index contributed by atoms with van der Waals surface area (Å²) in [4.78, 5) is 22.1. The molecule has 3 heterocycles. The third kappa shape index (κ3) is 4.14. The van der Waals surface area contributed by atoms with E-state index in [1.54, 1.807) is 30.6 Å². The fraction of sp³-hybridized carbons (Fsp3) is 0.217. The molecular formula is C23H20ClN7O2. The highest BCUT2D eigenvalue weighted by Crippen LogP contribution is 2.49. The monoisotopic (exact) mass is 461 g/mol. The number of ether oxygens (including phenoxy) is 1. The minimum Gasteiger partial charge on any atom is -0.478 e. The first-order valence-electron chi connectivity index (χ1n) is 10.5. The molecule has 0 saturated heterocycles. The molecule has 2 N–H and O–H groups in total. The number of nitrogens with one attached hydrogen (secondary N) is 2. The van der Waals surface area contributed by atoms with Crippen molar-refractivity contribution in [3.05, 3.63) is 65.4 Å². The van der Waals surface area contributed by atoms with E-state index in [9.17, 15) is 4.79 Å². The smallest absolute Gasteiger partial charge is 0.235 e. The average molecular weight is 462 g/mol. The zero-order valence-electron chi connectivity index (χ0n) is 17.7. The maximum Gasteiger partial charge on any atom is 0.235 e. The summed E-state index contributed by atoms with van der Waals surface area (Å²) in [5.41, 5.74) is 2.86. The molecule has 1 aliphatic rings. The standard InChI is InChI=1S/C23H20ClN7O2/c1-2-33-19-7-6-14(12-25-19)20-18(21-28-30-31-29-21)11-17(13-26-20)27-22(32)23(8-9-23)15-4-3-5-16(24)10-15/h3-7,10-13H,2,8-9H2,1H3,(H,27,32)(H,28,29,30,31). The van der Waals surface area contributed by atoms with Crippen molar-refractivity contribution in [1.82, 2.24) is 30.6 Å². The van der Waals surface area contributed by atoms with Gasteiger partial charge in [-0.1, -0.05) is 23.7 Å². The summed E-state index contributed by atoms with van der Waals surface area (Å²) >= 11 is 6.15. The van der Waals surface area contributed by atoms with E-state index in [0.29, 0.717) is 40.3 Å². The second-order valence-electron chi connectivity index (χ2n) is 7.72. The largest absolute Gasteiger partial charge is 0.478 e. The van der Waals surface area contributed by atoms with Crippen LogP contribution < -0.4 is 10.1 Å². The highest BCUT2D eigenvalue weighted by Gasteiger charge is 2.51. The normalized spacial score (nSPS) is 14.0. The van der Waals surface area contributed by atoms with Gasteiger partial charge in [0.2, 0.25) is 17.6 Å². The van der Waals surface area contributed by atoms with Gasteiger partial charge in [-0.05, 0) is 54.8 Å². The summed E-state index contributed by atoms with van der Waals surface area (Å²) in [7, 11) is 0. The zero-order valence-corrected chi connectivity index (χ0v) is 18.5. The van der Waals surface area contributed by atoms with Gasteiger partial charge < -0.3 is 10.1 Å². The van der Waals surface area contributed by atoms with Gasteiger partial charge in [0, 0.05) is 22.8 Å². The predicted octanol–water partition coefficient (Wildman–Crippen LogP) is 4.05. The van der Waals surface area contributed by atoms with Crippen LogP contribution >= 0.6 is 11.6 Å². The number of rotatable bonds is 7. The minimum atomic E-state index is -0.575. The van der Waals surface area contributed by atoms with Crippen molar-refractivity contribution in [2.75, 3.05) is 11.9 Å². The summed E-state index contributed by atoms with van der Waals surface area (Å²) in [6.07, 6.45) is 4.81. The van der Waals surface area contributed by atoms with Crippen LogP contribution in [0.4, 0.5) is 5.69 Å². The predicted molar refractivity (Wildman–Crippen MR) is 123 cm³/mol. The van der Waals surface area contributed by atoms with Crippen LogP contribution in [-0.4, -0.2) is 43.1 Å². The van der Waals surface area contributed by atoms with Gasteiger partial charge in [-0.15, -0.1) is 10.2 Å². The summed E-state index contributed by atoms with van der Waals surface area (Å²) < 4.78 is 5.42. The molecule has 9 nitrogen and oxygen atoms in total. The summed E-state index contributed by atoms with van der Waals surface area (Å²) in [5, 5.41) is 17.9. The quantitative estimate of drug-likeness (QED) is 0.426. The van der Waals surface area contributed by atoms with Crippen LogP contribution in [0.1, 0.15) is 25.3 Å². The second kappa shape index (κ2) is 8.59. The molecule has 0 atom stereocenters. The lowest BCUT2D eigenvalue weighted by Gasteiger charge is -2.17. The highest BCUT2D eigenvalue weighted by atomic mass is 35.5. The Morgan fingerprint density at radius 3 is 2.73 bits per heavy atom. The summed E-state index contributed by atoms with van der Waals surface area (Å²) in [6.45, 7) is 2.43. The highest BCUT2D eigenvalue weighted by molar-refractivity contribution is 6.30. The molecule has 3 aromatic heterocycles. The lowest BCUT2D eigenvalue weighted by molar-refractivity contribution is -0.118. The van der Waals surface area contributed by atoms with Crippen LogP contribution in [0.15, 0.2) is 54.9 Å². The number of carbonyl (C=O) groups is 1. The minimum absolute atomic E-state index is 0.0962. The van der Waals surface area contributed by atoms with Crippen LogP contribution in [-0.2, 0) is 10.2 Å². The molecule has 0 aliphatic heterocycles. The third-order valence-electron chi connectivity index (χ3n) is 5.60. The first kappa shape index (κ1) is 21.0. The number of benzene rings is 1. The van der Waals surface area contributed by atoms with Crippen molar-refractivity contribution in [2.24, 2.45) is 0 Å². The molecule has 33 heavy (non-hydrogen) atoms. The van der Waals surface area contributed by atoms with E-state index in [1.165, 1.54) is 0 Å². The van der Waals surface area contributed by atoms with Crippen molar-refractivity contribution in [3.8, 4) is 28.5 Å². The number of anilines is 1. The van der Waals surface area contributed by atoms with Gasteiger partial charge in [-0.25, -0.2) is 4.98 Å². The number of tetrazole rings is 1. The van der Waals surface area contributed by atoms with Crippen molar-refractivity contribution in [3.63, 3.8) is 0 Å². The van der Waals surface area contributed by atoms with E-state index in [1.807, 2.05) is 31.2 Å². The van der Waals surface area contributed by atoms with E-state index < -0.39 is 5.41 Å². The van der Waals surface area contributed by atoms with Gasteiger partial charge in [-0.3, -0.25) is 9.78 Å². The van der Waals surface area contributed by atoms with Crippen molar-refractivity contribution >= 4 is 23.2 Å². The Kier molecular flexibility index (Phi) is 5.47. The van der Waals surface area contributed by atoms with Crippen molar-refractivity contribution in [2.45, 2.75) is 25.2 Å². The van der Waals surface area contributed by atoms with E-state index >= 15 is 0 Å². The van der Waals surface area contributed by atoms with Crippen LogP contribution in [0.3, 0.4) is 0 Å². The van der Waals surface area contributed by atoms with Gasteiger partial charge in [0.05, 0.1) is 35.2 Å². The SMILES string of the molecule is CCOc1ccc(-c2ncc(NC(=O)C3(c4cccc(Cl)c4)CC3)cc2-c2nn[nH]n2)cn1. The fourth-order valence-corrected chi connectivity index (χ4v) is 3.96. The Bertz CT molecular complexity index is 1290. The Morgan fingerprint density at radius 1 is 1.18 bits per heavy atom. The van der Waals surface area contributed by atoms with Crippen molar-refractivity contribution < 1.29 is 9.53 Å². The molecule has 0 bridgehead atoms. The van der Waals surface area contributed by atoms with Gasteiger partial charge in [-0.2, -0.15) is 5.21 Å². The van der Waals surface area contributed by atoms with Crippen LogP contribution in [0.2, 0.25) is 5.02 Å². The van der Waals surface area contributed by atoms with Gasteiger partial charge in [0.1, 0.15) is 0 Å². The van der Waals surface area contributed by atoms with E-state index in [-0.39, 0.29) is 5.91 Å². The van der Waals surface area contributed by atoms with Crippen LogP contribution in [0.25, 0.3) is 22.6 Å². The van der Waals surface area contributed by atoms with E-state index in [4.69, 9.17) is 16.3 Å². The number of hydrogen-bond acceptors (Lipinski definition) is 7. The van der Waals surface area contributed by atoms with Gasteiger partial charge in [0.25, 0.3) is 0 Å². The Balaban J connectivity index is 1.46. The number of nitrogens with zero attached hydrogens (tertiary/aromatic N) is 5. The number of aromatic amines is 1. The molecule has 0 spiro atoms. The summed E-state index contributed by atoms with van der Waals surface area (Å²) in [6, 6.07) is 12.9. The number of pyridine rings is 2. The molecule has 0 radical (unpaired) electrons. The molecule has 1 fully saturated rings. The number of aromatic nitrogens is 6. The molecule has 1 amide bonds. The molecule has 1 aromatic carbocycles. The molecule has 0 unspecified atom stereocenters. The lowest BCUT2D eigenvalue weighted by Crippen LogP contribution is -2.27. The number of carbonyl (C=O) groups excluding carboxylic acids is 1. The first-order valence-corrected chi connectivity index (χ1v) is 10.9. The molecular weight excluding hydrogens is 442 g/mol. The molecule has 5 rings (SSSR count). The lowest BCUT2D eigenvalue weighted by atomic mass is 9.95. The molecule has 4 aromatic rings. The van der Waals surface area contributed by atoms with Gasteiger partial charge in [0.15, 0.2) is 0 Å². The average Bonchev–Trinajstić information content (AvgIpc) is 3.47. The Morgan fingerprint density at radius 2 is 2.06 bits per heavy atom. The second-order valence-corrected chi connectivity index (χ2v) is 8.16.